The number of imidazole rings is 2. The molecule has 3 aromatic heterocycles. The smallest absolute Gasteiger partial charge is 0.423 e. The molecule has 642 valence electrons. The Kier molecular flexibility index (Phi) is 34.0. The number of nitrogens with one attached hydrogen (secondary N) is 1. The van der Waals surface area contributed by atoms with Crippen LogP contribution >= 0.6 is 105 Å². The van der Waals surface area contributed by atoms with Gasteiger partial charge >= 0.3 is 33.8 Å². The first-order valence-corrected chi connectivity index (χ1v) is 45.3. The Balaban J connectivity index is 0.000000140. The summed E-state index contributed by atoms with van der Waals surface area (Å²) in [6.45, 7) is 1.71. The Morgan fingerprint density at radius 1 is 0.405 bits per heavy atom. The van der Waals surface area contributed by atoms with E-state index in [1.807, 2.05) is 200 Å². The summed E-state index contributed by atoms with van der Waals surface area (Å²) in [7, 11) is -2.69. The van der Waals surface area contributed by atoms with E-state index in [0.717, 1.165) is 132 Å². The predicted octanol–water partition coefficient (Wildman–Crippen LogP) is 28.4. The van der Waals surface area contributed by atoms with Crippen molar-refractivity contribution < 1.29 is 43.1 Å². The maximum Gasteiger partial charge on any atom is 1.00 e. The fourth-order valence-corrected chi connectivity index (χ4v) is 17.9. The molecule has 0 saturated carbocycles. The first kappa shape index (κ1) is 97.9. The number of H-pyrrole nitrogens is 1. The second-order valence-corrected chi connectivity index (χ2v) is 34.6. The van der Waals surface area contributed by atoms with E-state index in [1.165, 1.54) is 60.6 Å². The number of anilines is 2. The molecular formula is C109H82BBrCl7LiN6O5P+. The van der Waals surface area contributed by atoms with Gasteiger partial charge in [0.25, 0.3) is 0 Å². The second-order valence-electron chi connectivity index (χ2n) is 29.3. The van der Waals surface area contributed by atoms with Gasteiger partial charge in [0.2, 0.25) is 0 Å². The largest absolute Gasteiger partial charge is 1.00 e. The van der Waals surface area contributed by atoms with Gasteiger partial charge in [-0.2, -0.15) is 24.3 Å². The monoisotopic (exact) mass is 1930 g/mol. The molecule has 0 radical (unpaired) electrons. The summed E-state index contributed by atoms with van der Waals surface area (Å²) in [6.07, 6.45) is 1.76. The van der Waals surface area contributed by atoms with Gasteiger partial charge in [0.05, 0.1) is 39.0 Å². The van der Waals surface area contributed by atoms with E-state index in [9.17, 15) is 14.2 Å². The van der Waals surface area contributed by atoms with Crippen LogP contribution in [-0.2, 0) is 4.57 Å². The van der Waals surface area contributed by atoms with Gasteiger partial charge in [-0.3, -0.25) is 14.0 Å². The van der Waals surface area contributed by atoms with Crippen LogP contribution in [0.15, 0.2) is 381 Å². The number of para-hydroxylation sites is 6. The third kappa shape index (κ3) is 22.7. The molecule has 11 nitrogen and oxygen atoms in total. The average molecular weight is 1930 g/mol. The van der Waals surface area contributed by atoms with Crippen LogP contribution in [0.1, 0.15) is 35.6 Å². The van der Waals surface area contributed by atoms with Crippen molar-refractivity contribution in [2.75, 3.05) is 18.1 Å². The fourth-order valence-electron chi connectivity index (χ4n) is 15.1. The van der Waals surface area contributed by atoms with Crippen molar-refractivity contribution in [1.82, 2.24) is 19.4 Å². The molecule has 1 unspecified atom stereocenters. The maximum atomic E-state index is 11.5. The quantitative estimate of drug-likeness (QED) is 0.0258. The van der Waals surface area contributed by atoms with E-state index in [0.29, 0.717) is 42.1 Å². The average Bonchev–Trinajstić information content (AvgIpc) is 1.59. The number of pyridine rings is 1. The van der Waals surface area contributed by atoms with Crippen LogP contribution in [-0.4, -0.2) is 55.8 Å². The van der Waals surface area contributed by atoms with E-state index in [2.05, 4.69) is 159 Å². The van der Waals surface area contributed by atoms with E-state index >= 15 is 0 Å². The molecule has 7 N–H and O–H groups in total. The number of carbonyl (C=O) groups excluding carboxylic acids is 2. The number of nitrogens with zero attached hydrogens (tertiary/aromatic N) is 3. The first-order valence-electron chi connectivity index (χ1n) is 40.1. The Labute approximate surface area is 815 Å². The Morgan fingerprint density at radius 3 is 1.42 bits per heavy atom. The molecular weight excluding hydrogens is 1850 g/mol. The Hall–Kier alpha value is -12.2. The molecule has 1 atom stereocenters. The van der Waals surface area contributed by atoms with Gasteiger partial charge in [-0.15, -0.1) is 16.8 Å². The van der Waals surface area contributed by atoms with Crippen LogP contribution in [0.2, 0.25) is 35.2 Å². The van der Waals surface area contributed by atoms with Crippen molar-refractivity contribution in [3.05, 3.63) is 433 Å². The first-order chi connectivity index (χ1) is 62.2. The van der Waals surface area contributed by atoms with Crippen molar-refractivity contribution in [1.29, 1.82) is 0 Å². The molecule has 3 heterocycles. The number of aromatic nitrogens is 4. The number of carbonyl (C=O) groups is 2. The summed E-state index contributed by atoms with van der Waals surface area (Å²) in [5.41, 5.74) is 24.4. The predicted molar refractivity (Wildman–Crippen MR) is 561 cm³/mol. The number of aldehydes is 2. The number of nitrogen functional groups attached to an aromatic ring is 2. The summed E-state index contributed by atoms with van der Waals surface area (Å²) in [5, 5.41) is 39.7. The number of hydrogen-bond donors (Lipinski definition) is 5. The summed E-state index contributed by atoms with van der Waals surface area (Å²) in [5.74, 6) is 0.828. The maximum absolute atomic E-state index is 11.5. The molecule has 0 aliphatic carbocycles. The minimum absolute atomic E-state index is 0. The van der Waals surface area contributed by atoms with Crippen molar-refractivity contribution in [2.24, 2.45) is 0 Å². The fraction of sp³-hybridized carbons (Fsp3) is 0.0275. The molecule has 0 aliphatic rings. The normalized spacial score (nSPS) is 10.7. The molecule has 0 amide bonds. The molecule has 22 rings (SSSR count). The number of halogens is 8. The van der Waals surface area contributed by atoms with Gasteiger partial charge in [-0.05, 0) is 174 Å². The molecule has 0 spiro atoms. The molecule has 22 aromatic rings. The van der Waals surface area contributed by atoms with Gasteiger partial charge in [0.15, 0.2) is 17.9 Å². The molecule has 131 heavy (non-hydrogen) atoms. The van der Waals surface area contributed by atoms with E-state index in [1.54, 1.807) is 43.1 Å². The number of rotatable bonds is 7. The third-order valence-electron chi connectivity index (χ3n) is 21.3. The van der Waals surface area contributed by atoms with Crippen LogP contribution in [0.4, 0.5) is 11.4 Å². The van der Waals surface area contributed by atoms with Crippen LogP contribution in [0, 0.1) is 6.07 Å². The topological polar surface area (TPSA) is 190 Å². The van der Waals surface area contributed by atoms with Crippen molar-refractivity contribution >= 4 is 261 Å². The summed E-state index contributed by atoms with van der Waals surface area (Å²) < 4.78 is 13.9. The summed E-state index contributed by atoms with van der Waals surface area (Å²) in [4.78, 5) is 35.6. The van der Waals surface area contributed by atoms with Crippen LogP contribution < -0.4 is 41.1 Å². The molecule has 0 fully saturated rings. The van der Waals surface area contributed by atoms with Crippen LogP contribution in [0.3, 0.4) is 0 Å². The Morgan fingerprint density at radius 2 is 0.840 bits per heavy atom. The zero-order valence-electron chi connectivity index (χ0n) is 69.1. The van der Waals surface area contributed by atoms with E-state index < -0.39 is 14.9 Å². The minimum atomic E-state index is -1.54. The standard InChI is InChI=1S/C23H14Cl2N2.C23H13ClN2.C17H10Cl2O.C14H9.C11H7BrO.C7H8OP.C6H5BCl2O2.C6H8N2.2CH4.Li/c24-15-10-12-17(19(25)13-15)18-11-9-14-5-1-2-6-16(14)22(18)23-26-20-7-3-4-8-21(20)27-23;24-15-10-12-17-18-11-9-14-5-1-2-6-16(14)22(18)23-25-19-7-3-4-8-20(19)26(23)21(17)13-15;18-12-6-8-15(17(19)9-12)14-7-5-11-3-1-2-4-13(11)16(14)10-20;1-3-7-13-11(5-1)9-10-12-6-2-4-8-14(12)13;12-11-6-5-8-3-1-2-4-9(8)10(11)7-13;1-9(8)7-5-3-2-4-6-7;8-4-1-2-5(7(10)11)6(9)3-4;7-5-3-1-2-4-6(5)8;;;/h1-13H,(H,26,27);1-13H;1-10H;1,3-10H;1-7H;2-6H,1H3;1-3,10-11H;1-4H,7-8H2;2*1H4;/q;;;-1;;+1;;;;;+1. The van der Waals surface area contributed by atoms with Gasteiger partial charge in [0.1, 0.15) is 18.1 Å². The van der Waals surface area contributed by atoms with Crippen LogP contribution in [0.5, 0.6) is 0 Å². The van der Waals surface area contributed by atoms with Crippen molar-refractivity contribution in [3.8, 4) is 33.6 Å². The number of aromatic amines is 1. The van der Waals surface area contributed by atoms with Gasteiger partial charge in [-0.1, -0.05) is 365 Å². The molecule has 22 heteroatoms. The number of nitrogens with two attached hydrogens (primary N) is 2. The summed E-state index contributed by atoms with van der Waals surface area (Å²) >= 11 is 45.7. The van der Waals surface area contributed by atoms with Crippen molar-refractivity contribution in [2.45, 2.75) is 14.9 Å². The minimum Gasteiger partial charge on any atom is -0.423 e. The molecule has 0 aliphatic heterocycles. The summed E-state index contributed by atoms with van der Waals surface area (Å²) in [6, 6.07) is 125. The van der Waals surface area contributed by atoms with Crippen LogP contribution in [0.25, 0.3) is 148 Å². The Bertz CT molecular complexity index is 7800. The number of fused-ring (bicyclic) bond motifs is 17. The zero-order valence-corrected chi connectivity index (χ0v) is 76.9. The second kappa shape index (κ2) is 45.6. The van der Waals surface area contributed by atoms with Gasteiger partial charge in [-0.25, -0.2) is 9.97 Å². The molecule has 0 bridgehead atoms. The molecule has 19 aromatic carbocycles. The molecule has 0 saturated heterocycles. The number of benzene rings is 19. The van der Waals surface area contributed by atoms with Gasteiger partial charge in [0, 0.05) is 83.7 Å². The third-order valence-corrected chi connectivity index (χ3v) is 24.9. The SMILES string of the molecule is C.C.C[P+](=O)c1ccccc1.Clc1ccc(-c2ccc3ccccc3c2-c2nc3ccccc3[nH]2)c(Cl)c1.Clc1ccc2c3ccc4ccccc4c3c3nc4ccccc4n3c2c1.Nc1ccccc1N.O=Cc1c(-c2ccc(Cl)cc2Cl)ccc2ccccc12.O=Cc1c(Br)ccc2ccccc12.OB(O)c1ccc(Cl)cc1Cl.[Li+].[c-]1ccc2c(c1)ccc1ccccc12. The van der Waals surface area contributed by atoms with Crippen molar-refractivity contribution in [3.63, 3.8) is 0 Å². The number of hydrogen-bond acceptors (Lipinski definition) is 9. The van der Waals surface area contributed by atoms with Gasteiger partial charge < -0.3 is 26.5 Å². The zero-order chi connectivity index (χ0) is 89.5. The van der Waals surface area contributed by atoms with E-state index in [4.69, 9.17) is 113 Å². The van der Waals surface area contributed by atoms with E-state index in [-0.39, 0.29) is 44.2 Å².